The first-order valence-corrected chi connectivity index (χ1v) is 11.1. The van der Waals surface area contributed by atoms with E-state index in [1.54, 1.807) is 36.4 Å². The largest absolute Gasteiger partial charge is 0.490 e. The summed E-state index contributed by atoms with van der Waals surface area (Å²) in [4.78, 5) is 11.0. The highest BCUT2D eigenvalue weighted by molar-refractivity contribution is 5.88. The van der Waals surface area contributed by atoms with Gasteiger partial charge in [-0.25, -0.2) is 9.18 Å². The zero-order chi connectivity index (χ0) is 22.9. The van der Waals surface area contributed by atoms with E-state index in [0.717, 1.165) is 30.4 Å². The Labute approximate surface area is 187 Å². The van der Waals surface area contributed by atoms with Gasteiger partial charge in [-0.15, -0.1) is 0 Å². The van der Waals surface area contributed by atoms with E-state index in [0.29, 0.717) is 12.2 Å². The van der Waals surface area contributed by atoms with Crippen molar-refractivity contribution in [2.45, 2.75) is 45.4 Å². The summed E-state index contributed by atoms with van der Waals surface area (Å²) < 4.78 is 34.7. The zero-order valence-corrected chi connectivity index (χ0v) is 18.2. The lowest BCUT2D eigenvalue weighted by atomic mass is 9.99. The van der Waals surface area contributed by atoms with Crippen LogP contribution >= 0.6 is 0 Å². The van der Waals surface area contributed by atoms with Crippen LogP contribution in [0.1, 0.15) is 55.8 Å². The molecule has 0 unspecified atom stereocenters. The maximum absolute atomic E-state index is 14.7. The number of benzene rings is 3. The van der Waals surface area contributed by atoms with Gasteiger partial charge in [-0.1, -0.05) is 75.4 Å². The molecule has 0 aliphatic heterocycles. The van der Waals surface area contributed by atoms with Gasteiger partial charge < -0.3 is 9.84 Å². The fourth-order valence-corrected chi connectivity index (χ4v) is 3.58. The number of rotatable bonds is 11. The van der Waals surface area contributed by atoms with Gasteiger partial charge in [-0.3, -0.25) is 0 Å². The molecule has 168 valence electrons. The summed E-state index contributed by atoms with van der Waals surface area (Å²) >= 11 is 0. The Kier molecular flexibility index (Phi) is 8.37. The Hall–Kier alpha value is -3.21. The van der Waals surface area contributed by atoms with E-state index in [2.05, 4.69) is 6.92 Å². The monoisotopic (exact) mass is 438 g/mol. The third kappa shape index (κ3) is 5.94. The number of aromatic carboxylic acids is 1. The number of ether oxygens (including phenoxy) is 1. The highest BCUT2D eigenvalue weighted by Gasteiger charge is 2.16. The van der Waals surface area contributed by atoms with Crippen molar-refractivity contribution in [3.8, 4) is 28.0 Å². The molecule has 32 heavy (non-hydrogen) atoms. The van der Waals surface area contributed by atoms with Crippen molar-refractivity contribution in [1.29, 1.82) is 0 Å². The van der Waals surface area contributed by atoms with Crippen molar-refractivity contribution in [3.05, 3.63) is 77.9 Å². The van der Waals surface area contributed by atoms with Gasteiger partial charge in [0.15, 0.2) is 11.6 Å². The Bertz CT molecular complexity index is 1030. The quantitative estimate of drug-likeness (QED) is 0.312. The Morgan fingerprint density at radius 1 is 0.750 bits per heavy atom. The summed E-state index contributed by atoms with van der Waals surface area (Å²) in [5.41, 5.74) is 2.62. The van der Waals surface area contributed by atoms with Crippen molar-refractivity contribution in [3.63, 3.8) is 0 Å². The molecule has 0 aliphatic rings. The Balaban J connectivity index is 1.65. The Morgan fingerprint density at radius 3 is 1.94 bits per heavy atom. The molecule has 0 fully saturated rings. The van der Waals surface area contributed by atoms with E-state index in [9.17, 15) is 13.6 Å². The van der Waals surface area contributed by atoms with E-state index >= 15 is 0 Å². The van der Waals surface area contributed by atoms with Crippen molar-refractivity contribution >= 4 is 5.97 Å². The summed E-state index contributed by atoms with van der Waals surface area (Å²) in [6, 6.07) is 16.5. The molecule has 0 atom stereocenters. The van der Waals surface area contributed by atoms with Gasteiger partial charge in [-0.2, -0.15) is 4.39 Å². The summed E-state index contributed by atoms with van der Waals surface area (Å²) in [7, 11) is 0. The van der Waals surface area contributed by atoms with Crippen LogP contribution in [0, 0.1) is 11.6 Å². The maximum Gasteiger partial charge on any atom is 0.335 e. The molecule has 0 saturated heterocycles. The first-order chi connectivity index (χ1) is 15.5. The number of carbonyl (C=O) groups is 1. The minimum absolute atomic E-state index is 0.0602. The van der Waals surface area contributed by atoms with Crippen molar-refractivity contribution in [2.75, 3.05) is 6.61 Å². The fourth-order valence-electron chi connectivity index (χ4n) is 3.58. The molecule has 3 rings (SSSR count). The average molecular weight is 439 g/mol. The smallest absolute Gasteiger partial charge is 0.335 e. The second-order valence-corrected chi connectivity index (χ2v) is 7.82. The summed E-state index contributed by atoms with van der Waals surface area (Å²) in [6.07, 6.45) is 6.58. The van der Waals surface area contributed by atoms with E-state index in [-0.39, 0.29) is 16.9 Å². The SMILES string of the molecule is CCCCCCCCOc1ccc(-c2ccc(-c3ccc(C(=O)O)cc3)cc2)c(F)c1F. The minimum atomic E-state index is -0.983. The third-order valence-corrected chi connectivity index (χ3v) is 5.46. The predicted molar refractivity (Wildman–Crippen MR) is 123 cm³/mol. The molecular formula is C27H28F2O3. The number of hydrogen-bond donors (Lipinski definition) is 1. The molecule has 3 aromatic rings. The van der Waals surface area contributed by atoms with Crippen LogP contribution < -0.4 is 4.74 Å². The van der Waals surface area contributed by atoms with Crippen LogP contribution in [-0.2, 0) is 0 Å². The van der Waals surface area contributed by atoms with E-state index < -0.39 is 17.6 Å². The van der Waals surface area contributed by atoms with Gasteiger partial charge in [-0.05, 0) is 47.4 Å². The molecule has 0 aromatic heterocycles. The molecule has 0 heterocycles. The summed E-state index contributed by atoms with van der Waals surface area (Å²) in [5, 5.41) is 9.00. The molecule has 0 bridgehead atoms. The van der Waals surface area contributed by atoms with Crippen LogP contribution in [0.15, 0.2) is 60.7 Å². The molecule has 5 heteroatoms. The maximum atomic E-state index is 14.7. The average Bonchev–Trinajstić information content (AvgIpc) is 2.81. The molecule has 0 spiro atoms. The van der Waals surface area contributed by atoms with E-state index in [1.807, 2.05) is 0 Å². The van der Waals surface area contributed by atoms with E-state index in [4.69, 9.17) is 9.84 Å². The van der Waals surface area contributed by atoms with Gasteiger partial charge in [0.1, 0.15) is 0 Å². The van der Waals surface area contributed by atoms with E-state index in [1.165, 1.54) is 43.5 Å². The topological polar surface area (TPSA) is 46.5 Å². The van der Waals surface area contributed by atoms with Gasteiger partial charge in [0.2, 0.25) is 5.82 Å². The Morgan fingerprint density at radius 2 is 1.31 bits per heavy atom. The first kappa shape index (κ1) is 23.5. The van der Waals surface area contributed by atoms with Crippen LogP contribution in [0.5, 0.6) is 5.75 Å². The van der Waals surface area contributed by atoms with Gasteiger partial charge in [0.05, 0.1) is 12.2 Å². The van der Waals surface area contributed by atoms with Crippen molar-refractivity contribution in [1.82, 2.24) is 0 Å². The number of carboxylic acids is 1. The van der Waals surface area contributed by atoms with Crippen LogP contribution in [-0.4, -0.2) is 17.7 Å². The first-order valence-electron chi connectivity index (χ1n) is 11.1. The molecule has 3 nitrogen and oxygen atoms in total. The number of hydrogen-bond acceptors (Lipinski definition) is 2. The number of carboxylic acid groups (broad SMARTS) is 1. The number of unbranched alkanes of at least 4 members (excludes halogenated alkanes) is 5. The predicted octanol–water partition coefficient (Wildman–Crippen LogP) is 7.74. The van der Waals surface area contributed by atoms with Crippen LogP contribution in [0.2, 0.25) is 0 Å². The zero-order valence-electron chi connectivity index (χ0n) is 18.2. The summed E-state index contributed by atoms with van der Waals surface area (Å²) in [5.74, 6) is -2.94. The molecule has 0 radical (unpaired) electrons. The lowest BCUT2D eigenvalue weighted by Gasteiger charge is -2.11. The second kappa shape index (κ2) is 11.4. The summed E-state index contributed by atoms with van der Waals surface area (Å²) in [6.45, 7) is 2.54. The molecule has 0 saturated carbocycles. The highest BCUT2D eigenvalue weighted by atomic mass is 19.2. The number of halogens is 2. The fraction of sp³-hybridized carbons (Fsp3) is 0.296. The van der Waals surface area contributed by atoms with Crippen LogP contribution in [0.4, 0.5) is 8.78 Å². The van der Waals surface area contributed by atoms with Crippen molar-refractivity contribution in [2.24, 2.45) is 0 Å². The second-order valence-electron chi connectivity index (χ2n) is 7.82. The molecule has 0 aliphatic carbocycles. The van der Waals surface area contributed by atoms with Crippen LogP contribution in [0.3, 0.4) is 0 Å². The lowest BCUT2D eigenvalue weighted by Crippen LogP contribution is -2.01. The van der Waals surface area contributed by atoms with Crippen LogP contribution in [0.25, 0.3) is 22.3 Å². The molecule has 3 aromatic carbocycles. The minimum Gasteiger partial charge on any atom is -0.490 e. The highest BCUT2D eigenvalue weighted by Crippen LogP contribution is 2.31. The molecular weight excluding hydrogens is 410 g/mol. The third-order valence-electron chi connectivity index (χ3n) is 5.46. The van der Waals surface area contributed by atoms with Gasteiger partial charge >= 0.3 is 5.97 Å². The van der Waals surface area contributed by atoms with Crippen molar-refractivity contribution < 1.29 is 23.4 Å². The standard InChI is InChI=1S/C27H28F2O3/c1-2-3-4-5-6-7-18-32-24-17-16-23(25(28)26(24)29)21-12-8-19(9-13-21)20-10-14-22(15-11-20)27(30)31/h8-17H,2-7,18H2,1H3,(H,30,31). The van der Waals surface area contributed by atoms with Gasteiger partial charge in [0, 0.05) is 5.56 Å². The normalized spacial score (nSPS) is 10.8. The van der Waals surface area contributed by atoms with Gasteiger partial charge in [0.25, 0.3) is 0 Å². The molecule has 1 N–H and O–H groups in total. The lowest BCUT2D eigenvalue weighted by molar-refractivity contribution is 0.0697. The molecule has 0 amide bonds.